The Labute approximate surface area is 55.5 Å². The van der Waals surface area contributed by atoms with Gasteiger partial charge in [0, 0.05) is 0 Å². The summed E-state index contributed by atoms with van der Waals surface area (Å²) in [6.07, 6.45) is 4.27. The van der Waals surface area contributed by atoms with Gasteiger partial charge in [-0.2, -0.15) is 0 Å². The number of aliphatic hydroxyl groups is 1. The summed E-state index contributed by atoms with van der Waals surface area (Å²) in [5.74, 6) is 0. The number of hydrogen-bond donors (Lipinski definition) is 1. The highest BCUT2D eigenvalue weighted by atomic mass is 16.5. The van der Waals surface area contributed by atoms with Crippen LogP contribution in [0.15, 0.2) is 18.1 Å². The van der Waals surface area contributed by atoms with Gasteiger partial charge in [-0.25, -0.2) is 0 Å². The summed E-state index contributed by atoms with van der Waals surface area (Å²) in [4.78, 5) is 0. The second kappa shape index (κ2) is 7.28. The fourth-order valence-electron chi connectivity index (χ4n) is 0.326. The molecule has 0 saturated heterocycles. The molecule has 0 saturated carbocycles. The maximum atomic E-state index is 8.24. The van der Waals surface area contributed by atoms with Crippen LogP contribution in [0, 0.1) is 0 Å². The molecule has 0 bridgehead atoms. The van der Waals surface area contributed by atoms with E-state index in [1.807, 2.05) is 13.0 Å². The summed E-state index contributed by atoms with van der Waals surface area (Å²) in [6, 6.07) is 0. The highest BCUT2D eigenvalue weighted by Gasteiger charge is 1.72. The molecule has 0 aliphatic heterocycles. The van der Waals surface area contributed by atoms with E-state index in [4.69, 9.17) is 9.84 Å². The van der Waals surface area contributed by atoms with Crippen LogP contribution in [0.5, 0.6) is 0 Å². The van der Waals surface area contributed by atoms with Crippen molar-refractivity contribution in [3.8, 4) is 0 Å². The Morgan fingerprint density at radius 2 is 2.44 bits per heavy atom. The van der Waals surface area contributed by atoms with E-state index in [1.165, 1.54) is 6.26 Å². The molecule has 0 amide bonds. The fraction of sp³-hybridized carbons (Fsp3) is 0.571. The number of allylic oxidation sites excluding steroid dienone is 1. The Kier molecular flexibility index (Phi) is 6.70. The van der Waals surface area contributed by atoms with E-state index in [0.29, 0.717) is 6.61 Å². The molecular weight excluding hydrogens is 116 g/mol. The standard InChI is InChI=1S/C7H12O2/c1-2-3-4-6-9-7-5-8/h3,6,8H,2,5,7H2,1H3. The van der Waals surface area contributed by atoms with Crippen molar-refractivity contribution in [2.75, 3.05) is 13.2 Å². The highest BCUT2D eigenvalue weighted by Crippen LogP contribution is 1.76. The van der Waals surface area contributed by atoms with Gasteiger partial charge < -0.3 is 9.84 Å². The van der Waals surface area contributed by atoms with Gasteiger partial charge >= 0.3 is 0 Å². The molecule has 0 fully saturated rings. The normalized spacial score (nSPS) is 7.78. The number of rotatable bonds is 4. The summed E-state index contributed by atoms with van der Waals surface area (Å²) < 4.78 is 4.77. The lowest BCUT2D eigenvalue weighted by atomic mass is 10.5. The van der Waals surface area contributed by atoms with Crippen LogP contribution in [0.4, 0.5) is 0 Å². The second-order valence-corrected chi connectivity index (χ2v) is 1.49. The van der Waals surface area contributed by atoms with Crippen molar-refractivity contribution < 1.29 is 9.84 Å². The topological polar surface area (TPSA) is 29.5 Å². The minimum Gasteiger partial charge on any atom is -0.491 e. The third kappa shape index (κ3) is 7.28. The van der Waals surface area contributed by atoms with Crippen molar-refractivity contribution in [3.05, 3.63) is 18.1 Å². The van der Waals surface area contributed by atoms with Gasteiger partial charge in [0.25, 0.3) is 0 Å². The lowest BCUT2D eigenvalue weighted by molar-refractivity contribution is 0.166. The summed E-state index contributed by atoms with van der Waals surface area (Å²) in [5.41, 5.74) is 2.79. The van der Waals surface area contributed by atoms with Crippen LogP contribution in [0.2, 0.25) is 0 Å². The Bertz CT molecular complexity index is 101. The second-order valence-electron chi connectivity index (χ2n) is 1.49. The molecule has 0 rings (SSSR count). The molecule has 9 heavy (non-hydrogen) atoms. The Morgan fingerprint density at radius 3 is 3.00 bits per heavy atom. The molecule has 0 unspecified atom stereocenters. The Balaban J connectivity index is 3.13. The lowest BCUT2D eigenvalue weighted by Gasteiger charge is -1.90. The predicted molar refractivity (Wildman–Crippen MR) is 36.0 cm³/mol. The van der Waals surface area contributed by atoms with E-state index < -0.39 is 0 Å². The quantitative estimate of drug-likeness (QED) is 0.348. The van der Waals surface area contributed by atoms with Crippen molar-refractivity contribution in [3.63, 3.8) is 0 Å². The maximum Gasteiger partial charge on any atom is 0.125 e. The van der Waals surface area contributed by atoms with Crippen LogP contribution in [0.3, 0.4) is 0 Å². The van der Waals surface area contributed by atoms with E-state index in [-0.39, 0.29) is 6.61 Å². The number of ether oxygens (including phenoxy) is 1. The third-order valence-electron chi connectivity index (χ3n) is 0.682. The van der Waals surface area contributed by atoms with Crippen LogP contribution in [-0.4, -0.2) is 18.3 Å². The van der Waals surface area contributed by atoms with Gasteiger partial charge in [0.1, 0.15) is 12.9 Å². The van der Waals surface area contributed by atoms with Crippen LogP contribution < -0.4 is 0 Å². The number of aliphatic hydroxyl groups excluding tert-OH is 1. The lowest BCUT2D eigenvalue weighted by Crippen LogP contribution is -1.91. The van der Waals surface area contributed by atoms with E-state index in [9.17, 15) is 0 Å². The van der Waals surface area contributed by atoms with Crippen molar-refractivity contribution in [1.29, 1.82) is 0 Å². The summed E-state index contributed by atoms with van der Waals surface area (Å²) in [7, 11) is 0. The zero-order valence-corrected chi connectivity index (χ0v) is 5.63. The van der Waals surface area contributed by atoms with Gasteiger partial charge in [0.2, 0.25) is 0 Å². The van der Waals surface area contributed by atoms with Gasteiger partial charge in [-0.05, 0) is 12.5 Å². The molecule has 0 atom stereocenters. The number of hydrogen-bond acceptors (Lipinski definition) is 2. The highest BCUT2D eigenvalue weighted by molar-refractivity contribution is 4.77. The molecule has 2 heteroatoms. The van der Waals surface area contributed by atoms with Crippen LogP contribution in [0.1, 0.15) is 13.3 Å². The molecule has 0 aromatic heterocycles. The maximum absolute atomic E-state index is 8.24. The molecule has 0 aliphatic carbocycles. The minimum atomic E-state index is 0.0598. The van der Waals surface area contributed by atoms with E-state index >= 15 is 0 Å². The minimum absolute atomic E-state index is 0.0598. The van der Waals surface area contributed by atoms with Crippen molar-refractivity contribution in [2.24, 2.45) is 0 Å². The summed E-state index contributed by atoms with van der Waals surface area (Å²) in [6.45, 7) is 2.43. The van der Waals surface area contributed by atoms with Gasteiger partial charge in [-0.15, -0.1) is 0 Å². The van der Waals surface area contributed by atoms with Crippen LogP contribution in [-0.2, 0) is 4.74 Å². The zero-order chi connectivity index (χ0) is 6.95. The first-order valence-electron chi connectivity index (χ1n) is 3.03. The van der Waals surface area contributed by atoms with Gasteiger partial charge in [-0.3, -0.25) is 0 Å². The first-order chi connectivity index (χ1) is 4.41. The largest absolute Gasteiger partial charge is 0.491 e. The monoisotopic (exact) mass is 128 g/mol. The van der Waals surface area contributed by atoms with Crippen molar-refractivity contribution in [2.45, 2.75) is 13.3 Å². The average Bonchev–Trinajstić information content (AvgIpc) is 1.89. The predicted octanol–water partition coefficient (Wildman–Crippen LogP) is 1.07. The van der Waals surface area contributed by atoms with Gasteiger partial charge in [0.15, 0.2) is 0 Å². The molecule has 0 spiro atoms. The third-order valence-corrected chi connectivity index (χ3v) is 0.682. The molecule has 2 nitrogen and oxygen atoms in total. The summed E-state index contributed by atoms with van der Waals surface area (Å²) >= 11 is 0. The van der Waals surface area contributed by atoms with Crippen LogP contribution >= 0.6 is 0 Å². The van der Waals surface area contributed by atoms with E-state index in [2.05, 4.69) is 5.73 Å². The Hall–Kier alpha value is -0.720. The van der Waals surface area contributed by atoms with Gasteiger partial charge in [-0.1, -0.05) is 12.7 Å². The molecule has 1 N–H and O–H groups in total. The van der Waals surface area contributed by atoms with Crippen molar-refractivity contribution in [1.82, 2.24) is 0 Å². The molecule has 0 radical (unpaired) electrons. The molecular formula is C7H12O2. The summed E-state index contributed by atoms with van der Waals surface area (Å²) in [5, 5.41) is 8.24. The first kappa shape index (κ1) is 8.28. The molecule has 0 heterocycles. The average molecular weight is 128 g/mol. The molecule has 0 aromatic rings. The van der Waals surface area contributed by atoms with E-state index in [1.54, 1.807) is 0 Å². The molecule has 0 aliphatic rings. The zero-order valence-electron chi connectivity index (χ0n) is 5.63. The fourth-order valence-corrected chi connectivity index (χ4v) is 0.326. The van der Waals surface area contributed by atoms with Crippen molar-refractivity contribution >= 4 is 0 Å². The van der Waals surface area contributed by atoms with Crippen LogP contribution in [0.25, 0.3) is 0 Å². The SMILES string of the molecule is CCC=C=COCCO. The smallest absolute Gasteiger partial charge is 0.125 e. The first-order valence-corrected chi connectivity index (χ1v) is 3.03. The Morgan fingerprint density at radius 1 is 1.67 bits per heavy atom. The van der Waals surface area contributed by atoms with Gasteiger partial charge in [0.05, 0.1) is 6.61 Å². The van der Waals surface area contributed by atoms with E-state index in [0.717, 1.165) is 6.42 Å². The molecule has 52 valence electrons. The molecule has 0 aromatic carbocycles.